The van der Waals surface area contributed by atoms with Crippen LogP contribution in [-0.2, 0) is 9.59 Å². The Balaban J connectivity index is 1.65. The maximum Gasteiger partial charge on any atom is 0.254 e. The van der Waals surface area contributed by atoms with Crippen LogP contribution in [0.3, 0.4) is 0 Å². The summed E-state index contributed by atoms with van der Waals surface area (Å²) in [6.07, 6.45) is 7.21. The molecular formula is C17H14Br2N2O4. The Morgan fingerprint density at radius 1 is 1.04 bits per heavy atom. The largest absolute Gasteiger partial charge is 0.506 e. The van der Waals surface area contributed by atoms with Gasteiger partial charge in [-0.15, -0.1) is 0 Å². The fraction of sp³-hybridized carbons (Fsp3) is 0.353. The van der Waals surface area contributed by atoms with Crippen molar-refractivity contribution in [1.82, 2.24) is 5.01 Å². The highest BCUT2D eigenvalue weighted by Gasteiger charge is 2.56. The number of benzene rings is 1. The molecule has 1 aromatic carbocycles. The minimum Gasteiger partial charge on any atom is -0.506 e. The van der Waals surface area contributed by atoms with Crippen molar-refractivity contribution in [3.8, 4) is 11.5 Å². The first-order valence-corrected chi connectivity index (χ1v) is 9.48. The van der Waals surface area contributed by atoms with Crippen molar-refractivity contribution in [2.45, 2.75) is 12.8 Å². The van der Waals surface area contributed by atoms with Gasteiger partial charge in [0.2, 0.25) is 0 Å². The molecule has 1 aliphatic heterocycles. The number of hydrogen-bond acceptors (Lipinski definition) is 5. The van der Waals surface area contributed by atoms with Crippen LogP contribution in [0, 0.1) is 23.7 Å². The van der Waals surface area contributed by atoms with Gasteiger partial charge in [0.25, 0.3) is 11.8 Å². The summed E-state index contributed by atoms with van der Waals surface area (Å²) in [5, 5.41) is 24.8. The maximum absolute atomic E-state index is 12.7. The molecule has 2 bridgehead atoms. The standard InChI is InChI=1S/C17H14Br2N2O4/c18-10-5-9(14(22)13(19)15(10)23)6-20-21-16(24)11-7-1-2-8(4-3-7)12(11)17(21)25/h1-2,5-8,11-12,22-23H,3-4H2/b20-6-/t7-,8-,11+,12+/m0/s1. The summed E-state index contributed by atoms with van der Waals surface area (Å²) < 4.78 is 0.465. The number of halogens is 2. The van der Waals surface area contributed by atoms with E-state index in [0.717, 1.165) is 17.9 Å². The van der Waals surface area contributed by atoms with Crippen LogP contribution < -0.4 is 0 Å². The number of fused-ring (bicyclic) bond motifs is 1. The molecule has 1 aromatic rings. The number of carbonyl (C=O) groups excluding carboxylic acids is 2. The molecule has 4 aliphatic rings. The van der Waals surface area contributed by atoms with E-state index in [9.17, 15) is 19.8 Å². The fourth-order valence-electron chi connectivity index (χ4n) is 4.01. The minimum absolute atomic E-state index is 0.108. The van der Waals surface area contributed by atoms with Gasteiger partial charge >= 0.3 is 0 Å². The van der Waals surface area contributed by atoms with Crippen LogP contribution in [-0.4, -0.2) is 33.3 Å². The number of amides is 2. The normalized spacial score (nSPS) is 30.6. The van der Waals surface area contributed by atoms with Gasteiger partial charge in [0, 0.05) is 5.56 Å². The van der Waals surface area contributed by atoms with Crippen molar-refractivity contribution >= 4 is 49.9 Å². The summed E-state index contributed by atoms with van der Waals surface area (Å²) in [5.74, 6) is -1.34. The third-order valence-electron chi connectivity index (χ3n) is 5.25. The molecule has 2 N–H and O–H groups in total. The summed E-state index contributed by atoms with van der Waals surface area (Å²) in [7, 11) is 0. The van der Waals surface area contributed by atoms with E-state index in [1.807, 2.05) is 12.2 Å². The highest BCUT2D eigenvalue weighted by molar-refractivity contribution is 9.11. The van der Waals surface area contributed by atoms with Crippen molar-refractivity contribution in [2.24, 2.45) is 28.8 Å². The molecule has 0 radical (unpaired) electrons. The lowest BCUT2D eigenvalue weighted by molar-refractivity contribution is -0.140. The van der Waals surface area contributed by atoms with Gasteiger partial charge in [-0.05, 0) is 62.6 Å². The number of nitrogens with zero attached hydrogens (tertiary/aromatic N) is 2. The molecule has 0 aromatic heterocycles. The molecule has 130 valence electrons. The molecule has 0 unspecified atom stereocenters. The molecule has 2 fully saturated rings. The predicted molar refractivity (Wildman–Crippen MR) is 97.0 cm³/mol. The number of rotatable bonds is 2. The summed E-state index contributed by atoms with van der Waals surface area (Å²) in [6, 6.07) is 1.46. The Labute approximate surface area is 160 Å². The van der Waals surface area contributed by atoms with Crippen LogP contribution >= 0.6 is 31.9 Å². The Kier molecular flexibility index (Phi) is 3.99. The van der Waals surface area contributed by atoms with E-state index in [0.29, 0.717) is 4.47 Å². The Morgan fingerprint density at radius 3 is 2.12 bits per heavy atom. The molecule has 5 rings (SSSR count). The third-order valence-corrected chi connectivity index (χ3v) is 6.60. The number of carbonyl (C=O) groups is 2. The number of phenolic OH excluding ortho intramolecular Hbond substituents is 2. The second-order valence-electron chi connectivity index (χ2n) is 6.53. The van der Waals surface area contributed by atoms with E-state index in [1.54, 1.807) is 0 Å². The fourth-order valence-corrected chi connectivity index (χ4v) is 5.16. The lowest BCUT2D eigenvalue weighted by Crippen LogP contribution is -2.38. The Bertz CT molecular complexity index is 820. The molecule has 4 atom stereocenters. The molecule has 6 nitrogen and oxygen atoms in total. The van der Waals surface area contributed by atoms with E-state index in [4.69, 9.17) is 0 Å². The quantitative estimate of drug-likeness (QED) is 0.395. The molecule has 1 saturated carbocycles. The van der Waals surface area contributed by atoms with E-state index >= 15 is 0 Å². The second kappa shape index (κ2) is 5.95. The summed E-state index contributed by atoms with van der Waals surface area (Å²) in [5.41, 5.74) is 0.271. The average Bonchev–Trinajstić information content (AvgIpc) is 2.89. The lowest BCUT2D eigenvalue weighted by atomic mass is 9.63. The highest BCUT2D eigenvalue weighted by atomic mass is 79.9. The van der Waals surface area contributed by atoms with Gasteiger partial charge in [-0.3, -0.25) is 9.59 Å². The van der Waals surface area contributed by atoms with Crippen LogP contribution in [0.25, 0.3) is 0 Å². The van der Waals surface area contributed by atoms with Crippen LogP contribution in [0.5, 0.6) is 11.5 Å². The number of hydrogen-bond donors (Lipinski definition) is 2. The van der Waals surface area contributed by atoms with Crippen molar-refractivity contribution in [3.63, 3.8) is 0 Å². The van der Waals surface area contributed by atoms with Gasteiger partial charge in [-0.25, -0.2) is 0 Å². The number of allylic oxidation sites excluding steroid dienone is 2. The molecular weight excluding hydrogens is 456 g/mol. The van der Waals surface area contributed by atoms with Crippen LogP contribution in [0.2, 0.25) is 0 Å². The topological polar surface area (TPSA) is 90.2 Å². The van der Waals surface area contributed by atoms with Crippen molar-refractivity contribution in [1.29, 1.82) is 0 Å². The smallest absolute Gasteiger partial charge is 0.254 e. The van der Waals surface area contributed by atoms with Gasteiger partial charge in [-0.2, -0.15) is 10.1 Å². The summed E-state index contributed by atoms with van der Waals surface area (Å²) in [4.78, 5) is 25.3. The van der Waals surface area contributed by atoms with E-state index < -0.39 is 0 Å². The van der Waals surface area contributed by atoms with Crippen molar-refractivity contribution < 1.29 is 19.8 Å². The van der Waals surface area contributed by atoms with Gasteiger partial charge < -0.3 is 10.2 Å². The minimum atomic E-state index is -0.319. The van der Waals surface area contributed by atoms with Gasteiger partial charge in [-0.1, -0.05) is 12.2 Å². The number of hydrazone groups is 1. The van der Waals surface area contributed by atoms with E-state index in [1.165, 1.54) is 12.3 Å². The van der Waals surface area contributed by atoms with E-state index in [-0.39, 0.29) is 57.0 Å². The summed E-state index contributed by atoms with van der Waals surface area (Å²) in [6.45, 7) is 0. The number of imide groups is 1. The van der Waals surface area contributed by atoms with Gasteiger partial charge in [0.15, 0.2) is 0 Å². The van der Waals surface area contributed by atoms with Gasteiger partial charge in [0.1, 0.15) is 16.0 Å². The van der Waals surface area contributed by atoms with Crippen LogP contribution in [0.4, 0.5) is 0 Å². The Morgan fingerprint density at radius 2 is 1.60 bits per heavy atom. The zero-order chi connectivity index (χ0) is 17.9. The molecule has 8 heteroatoms. The average molecular weight is 470 g/mol. The zero-order valence-corrected chi connectivity index (χ0v) is 16.1. The number of aromatic hydroxyl groups is 2. The van der Waals surface area contributed by atoms with Crippen molar-refractivity contribution in [3.05, 3.63) is 32.7 Å². The lowest BCUT2D eigenvalue weighted by Gasteiger charge is -2.37. The van der Waals surface area contributed by atoms with E-state index in [2.05, 4.69) is 37.0 Å². The first-order chi connectivity index (χ1) is 11.9. The molecule has 1 heterocycles. The molecule has 1 saturated heterocycles. The van der Waals surface area contributed by atoms with Gasteiger partial charge in [0.05, 0.1) is 22.5 Å². The first-order valence-electron chi connectivity index (χ1n) is 7.90. The molecule has 25 heavy (non-hydrogen) atoms. The molecule has 3 aliphatic carbocycles. The monoisotopic (exact) mass is 468 g/mol. The highest BCUT2D eigenvalue weighted by Crippen LogP contribution is 2.49. The predicted octanol–water partition coefficient (Wildman–Crippen LogP) is 3.15. The number of phenols is 2. The first kappa shape index (κ1) is 16.8. The van der Waals surface area contributed by atoms with Crippen molar-refractivity contribution in [2.75, 3.05) is 0 Å². The third kappa shape index (κ3) is 2.45. The maximum atomic E-state index is 12.7. The zero-order valence-electron chi connectivity index (χ0n) is 12.9. The SMILES string of the molecule is O=C1[C@H]2[C@H](C(=O)N1/N=C\c1cc(Br)c(O)c(Br)c1O)[C@H]1C=C[C@H]2CC1. The second-order valence-corrected chi connectivity index (χ2v) is 8.18. The van der Waals surface area contributed by atoms with Crippen LogP contribution in [0.15, 0.2) is 32.3 Å². The van der Waals surface area contributed by atoms with Crippen LogP contribution in [0.1, 0.15) is 18.4 Å². The molecule has 0 spiro atoms. The molecule has 2 amide bonds. The Hall–Kier alpha value is -1.67. The summed E-state index contributed by atoms with van der Waals surface area (Å²) >= 11 is 6.26.